The van der Waals surface area contributed by atoms with Gasteiger partial charge in [0, 0.05) is 18.1 Å². The second kappa shape index (κ2) is 6.37. The molecule has 0 amide bonds. The lowest BCUT2D eigenvalue weighted by Gasteiger charge is -2.20. The molecule has 5 nitrogen and oxygen atoms in total. The van der Waals surface area contributed by atoms with E-state index in [4.69, 9.17) is 4.74 Å². The molecule has 0 spiro atoms. The van der Waals surface area contributed by atoms with Crippen LogP contribution in [0, 0.1) is 0 Å². The van der Waals surface area contributed by atoms with Crippen LogP contribution in [0.1, 0.15) is 6.92 Å². The van der Waals surface area contributed by atoms with Crippen molar-refractivity contribution >= 4 is 32.7 Å². The summed E-state index contributed by atoms with van der Waals surface area (Å²) in [5.41, 5.74) is 0.853. The number of hydrogen-bond acceptors (Lipinski definition) is 5. The maximum atomic E-state index is 6.07. The molecule has 0 saturated carbocycles. The Balaban J connectivity index is 2.45. The first-order valence-electron chi connectivity index (χ1n) is 6.44. The van der Waals surface area contributed by atoms with Gasteiger partial charge in [-0.25, -0.2) is 9.97 Å². The maximum absolute atomic E-state index is 6.07. The molecule has 1 unspecified atom stereocenters. The van der Waals surface area contributed by atoms with Crippen LogP contribution in [-0.4, -0.2) is 48.7 Å². The molecule has 0 saturated heterocycles. The summed E-state index contributed by atoms with van der Waals surface area (Å²) in [5.74, 6) is 1.56. The monoisotopic (exact) mass is 338 g/mol. The third kappa shape index (κ3) is 3.37. The molecule has 0 bridgehead atoms. The Hall–Kier alpha value is -1.40. The van der Waals surface area contributed by atoms with E-state index in [1.165, 1.54) is 0 Å². The normalized spacial score (nSPS) is 12.7. The topological polar surface area (TPSA) is 50.3 Å². The summed E-state index contributed by atoms with van der Waals surface area (Å²) in [6.07, 6.45) is 1.63. The highest BCUT2D eigenvalue weighted by Crippen LogP contribution is 2.33. The fourth-order valence-electron chi connectivity index (χ4n) is 2.17. The summed E-state index contributed by atoms with van der Waals surface area (Å²) >= 11 is 3.50. The van der Waals surface area contributed by atoms with Gasteiger partial charge in [0.05, 0.1) is 10.9 Å². The molecule has 1 aromatic carbocycles. The van der Waals surface area contributed by atoms with E-state index in [1.54, 1.807) is 6.33 Å². The van der Waals surface area contributed by atoms with Crippen LogP contribution >= 0.6 is 15.9 Å². The minimum absolute atomic E-state index is 0.0763. The van der Waals surface area contributed by atoms with Crippen molar-refractivity contribution in [1.82, 2.24) is 14.9 Å². The lowest BCUT2D eigenvalue weighted by Crippen LogP contribution is -2.28. The highest BCUT2D eigenvalue weighted by Gasteiger charge is 2.14. The van der Waals surface area contributed by atoms with E-state index in [0.717, 1.165) is 33.5 Å². The van der Waals surface area contributed by atoms with Crippen molar-refractivity contribution in [2.75, 3.05) is 33.0 Å². The van der Waals surface area contributed by atoms with Gasteiger partial charge in [0.15, 0.2) is 0 Å². The van der Waals surface area contributed by atoms with Gasteiger partial charge in [-0.05, 0) is 33.2 Å². The number of ether oxygens (including phenoxy) is 1. The van der Waals surface area contributed by atoms with E-state index >= 15 is 0 Å². The molecular weight excluding hydrogens is 320 g/mol. The molecule has 0 aliphatic carbocycles. The first kappa shape index (κ1) is 15.0. The number of fused-ring (bicyclic) bond motifs is 1. The average molecular weight is 339 g/mol. The number of benzene rings is 1. The number of halogens is 1. The molecule has 20 heavy (non-hydrogen) atoms. The van der Waals surface area contributed by atoms with Crippen molar-refractivity contribution in [3.05, 3.63) is 22.9 Å². The van der Waals surface area contributed by atoms with Crippen LogP contribution in [0.5, 0.6) is 5.75 Å². The molecule has 108 valence electrons. The van der Waals surface area contributed by atoms with Gasteiger partial charge in [-0.2, -0.15) is 0 Å². The van der Waals surface area contributed by atoms with Crippen molar-refractivity contribution in [3.63, 3.8) is 0 Å². The SMILES string of the molecule is CNc1ncnc2cc(Br)cc(OC(C)CN(C)C)c12. The van der Waals surface area contributed by atoms with Gasteiger partial charge in [0.1, 0.15) is 24.0 Å². The fraction of sp³-hybridized carbons (Fsp3) is 0.429. The van der Waals surface area contributed by atoms with E-state index in [0.29, 0.717) is 0 Å². The van der Waals surface area contributed by atoms with Gasteiger partial charge in [-0.1, -0.05) is 15.9 Å². The first-order chi connectivity index (χ1) is 9.51. The predicted octanol–water partition coefficient (Wildman–Crippen LogP) is 2.76. The Morgan fingerprint density at radius 1 is 1.35 bits per heavy atom. The van der Waals surface area contributed by atoms with E-state index in [2.05, 4.69) is 43.0 Å². The van der Waals surface area contributed by atoms with Gasteiger partial charge >= 0.3 is 0 Å². The molecule has 1 atom stereocenters. The number of nitrogens with zero attached hydrogens (tertiary/aromatic N) is 3. The lowest BCUT2D eigenvalue weighted by atomic mass is 10.2. The van der Waals surface area contributed by atoms with Gasteiger partial charge in [0.2, 0.25) is 0 Å². The molecule has 6 heteroatoms. The standard InChI is InChI=1S/C14H19BrN4O/c1-9(7-19(3)4)20-12-6-10(15)5-11-13(12)14(16-2)18-8-17-11/h5-6,8-9H,7H2,1-4H3,(H,16,17,18). The van der Waals surface area contributed by atoms with Crippen molar-refractivity contribution < 1.29 is 4.74 Å². The molecule has 0 radical (unpaired) electrons. The van der Waals surface area contributed by atoms with E-state index in [9.17, 15) is 0 Å². The summed E-state index contributed by atoms with van der Waals surface area (Å²) in [5, 5.41) is 3.99. The molecule has 1 N–H and O–H groups in total. The summed E-state index contributed by atoms with van der Waals surface area (Å²) in [6.45, 7) is 2.90. The van der Waals surface area contributed by atoms with E-state index in [-0.39, 0.29) is 6.10 Å². The minimum Gasteiger partial charge on any atom is -0.488 e. The lowest BCUT2D eigenvalue weighted by molar-refractivity contribution is 0.179. The van der Waals surface area contributed by atoms with Crippen LogP contribution in [0.3, 0.4) is 0 Å². The van der Waals surface area contributed by atoms with Gasteiger partial charge < -0.3 is 15.0 Å². The van der Waals surface area contributed by atoms with Crippen LogP contribution in [-0.2, 0) is 0 Å². The Morgan fingerprint density at radius 3 is 2.75 bits per heavy atom. The zero-order valence-corrected chi connectivity index (χ0v) is 13.7. The minimum atomic E-state index is 0.0763. The smallest absolute Gasteiger partial charge is 0.140 e. The van der Waals surface area contributed by atoms with Crippen LogP contribution < -0.4 is 10.1 Å². The van der Waals surface area contributed by atoms with Crippen molar-refractivity contribution in [3.8, 4) is 5.75 Å². The van der Waals surface area contributed by atoms with Crippen LogP contribution in [0.2, 0.25) is 0 Å². The van der Waals surface area contributed by atoms with E-state index in [1.807, 2.05) is 33.3 Å². The van der Waals surface area contributed by atoms with E-state index < -0.39 is 0 Å². The molecule has 0 aliphatic heterocycles. The first-order valence-corrected chi connectivity index (χ1v) is 7.24. The largest absolute Gasteiger partial charge is 0.488 e. The number of rotatable bonds is 5. The zero-order chi connectivity index (χ0) is 14.7. The van der Waals surface area contributed by atoms with Gasteiger partial charge in [-0.15, -0.1) is 0 Å². The maximum Gasteiger partial charge on any atom is 0.140 e. The number of anilines is 1. The predicted molar refractivity (Wildman–Crippen MR) is 85.4 cm³/mol. The zero-order valence-electron chi connectivity index (χ0n) is 12.1. The Bertz CT molecular complexity index is 603. The quantitative estimate of drug-likeness (QED) is 0.908. The van der Waals surface area contributed by atoms with Crippen LogP contribution in [0.15, 0.2) is 22.9 Å². The Kier molecular flexibility index (Phi) is 4.77. The van der Waals surface area contributed by atoms with Crippen molar-refractivity contribution in [1.29, 1.82) is 0 Å². The summed E-state index contributed by atoms with van der Waals surface area (Å²) in [6, 6.07) is 3.92. The Morgan fingerprint density at radius 2 is 2.10 bits per heavy atom. The number of nitrogens with one attached hydrogen (secondary N) is 1. The van der Waals surface area contributed by atoms with Crippen molar-refractivity contribution in [2.24, 2.45) is 0 Å². The average Bonchev–Trinajstić information content (AvgIpc) is 2.36. The second-order valence-electron chi connectivity index (χ2n) is 4.96. The molecule has 2 rings (SSSR count). The van der Waals surface area contributed by atoms with Crippen LogP contribution in [0.4, 0.5) is 5.82 Å². The Labute approximate surface area is 127 Å². The molecule has 0 fully saturated rings. The third-order valence-electron chi connectivity index (χ3n) is 2.85. The second-order valence-corrected chi connectivity index (χ2v) is 5.88. The van der Waals surface area contributed by atoms with Crippen LogP contribution in [0.25, 0.3) is 10.9 Å². The number of hydrogen-bond donors (Lipinski definition) is 1. The van der Waals surface area contributed by atoms with Gasteiger partial charge in [0.25, 0.3) is 0 Å². The molecule has 1 aromatic heterocycles. The number of aromatic nitrogens is 2. The number of likely N-dealkylation sites (N-methyl/N-ethyl adjacent to an activating group) is 1. The molecular formula is C14H19BrN4O. The molecule has 1 heterocycles. The van der Waals surface area contributed by atoms with Gasteiger partial charge in [-0.3, -0.25) is 0 Å². The summed E-state index contributed by atoms with van der Waals surface area (Å²) < 4.78 is 7.01. The third-order valence-corrected chi connectivity index (χ3v) is 3.31. The molecule has 2 aromatic rings. The fourth-order valence-corrected chi connectivity index (χ4v) is 2.60. The highest BCUT2D eigenvalue weighted by atomic mass is 79.9. The summed E-state index contributed by atoms with van der Waals surface area (Å²) in [4.78, 5) is 10.7. The molecule has 0 aliphatic rings. The van der Waals surface area contributed by atoms with Crippen molar-refractivity contribution in [2.45, 2.75) is 13.0 Å². The highest BCUT2D eigenvalue weighted by molar-refractivity contribution is 9.10. The summed E-state index contributed by atoms with van der Waals surface area (Å²) in [7, 11) is 5.90.